The molecule has 5 N–H and O–H groups in total. The standard InChI is InChI=1S/C15H24N4O3/c1-8(20)19-6-5-10-11-9(7-22-10)12(16-2)15(21)14(18-4)13(11)17-3/h10,16-18,21H,5-7H2,1-4H3,(H,19,20). The van der Waals surface area contributed by atoms with Crippen LogP contribution in [0.15, 0.2) is 0 Å². The smallest absolute Gasteiger partial charge is 0.216 e. The number of benzene rings is 1. The number of phenols is 1. The Balaban J connectivity index is 2.42. The first-order valence-electron chi connectivity index (χ1n) is 7.36. The number of fused-ring (bicyclic) bond motifs is 1. The number of phenolic OH excluding ortho intramolecular Hbond substituents is 1. The van der Waals surface area contributed by atoms with Gasteiger partial charge in [-0.15, -0.1) is 0 Å². The summed E-state index contributed by atoms with van der Waals surface area (Å²) in [5, 5.41) is 22.4. The van der Waals surface area contributed by atoms with Crippen LogP contribution in [0.4, 0.5) is 17.1 Å². The van der Waals surface area contributed by atoms with Crippen molar-refractivity contribution < 1.29 is 14.6 Å². The third-order valence-corrected chi connectivity index (χ3v) is 3.90. The van der Waals surface area contributed by atoms with E-state index in [1.54, 1.807) is 14.1 Å². The number of carbonyl (C=O) groups is 1. The van der Waals surface area contributed by atoms with Crippen molar-refractivity contribution in [2.24, 2.45) is 0 Å². The van der Waals surface area contributed by atoms with Gasteiger partial charge in [0.1, 0.15) is 5.69 Å². The van der Waals surface area contributed by atoms with Crippen LogP contribution in [0.5, 0.6) is 5.75 Å². The van der Waals surface area contributed by atoms with E-state index >= 15 is 0 Å². The van der Waals surface area contributed by atoms with Crippen LogP contribution < -0.4 is 21.3 Å². The highest BCUT2D eigenvalue weighted by Crippen LogP contribution is 2.51. The summed E-state index contributed by atoms with van der Waals surface area (Å²) in [7, 11) is 5.36. The second-order valence-electron chi connectivity index (χ2n) is 5.19. The van der Waals surface area contributed by atoms with Crippen molar-refractivity contribution in [1.82, 2.24) is 5.32 Å². The van der Waals surface area contributed by atoms with Crippen LogP contribution >= 0.6 is 0 Å². The summed E-state index contributed by atoms with van der Waals surface area (Å²) in [6.07, 6.45) is 0.558. The predicted octanol–water partition coefficient (Wildman–Crippen LogP) is 1.61. The second kappa shape index (κ2) is 6.74. The fourth-order valence-electron chi connectivity index (χ4n) is 2.96. The van der Waals surface area contributed by atoms with Gasteiger partial charge in [-0.05, 0) is 6.42 Å². The maximum Gasteiger partial charge on any atom is 0.216 e. The highest BCUT2D eigenvalue weighted by atomic mass is 16.5. The summed E-state index contributed by atoms with van der Waals surface area (Å²) in [4.78, 5) is 11.0. The third-order valence-electron chi connectivity index (χ3n) is 3.90. The van der Waals surface area contributed by atoms with Crippen LogP contribution in [-0.4, -0.2) is 38.7 Å². The maximum absolute atomic E-state index is 11.0. The van der Waals surface area contributed by atoms with Gasteiger partial charge in [-0.3, -0.25) is 4.79 Å². The number of amides is 1. The lowest BCUT2D eigenvalue weighted by atomic mass is 9.96. The van der Waals surface area contributed by atoms with Crippen molar-refractivity contribution in [3.8, 4) is 5.75 Å². The molecule has 1 aromatic rings. The molecule has 0 spiro atoms. The molecule has 1 heterocycles. The van der Waals surface area contributed by atoms with Gasteiger partial charge in [0.25, 0.3) is 0 Å². The molecule has 0 aliphatic carbocycles. The molecule has 1 aliphatic heterocycles. The highest BCUT2D eigenvalue weighted by Gasteiger charge is 2.32. The number of hydrogen-bond donors (Lipinski definition) is 5. The molecule has 0 saturated carbocycles. The second-order valence-corrected chi connectivity index (χ2v) is 5.19. The molecule has 0 radical (unpaired) electrons. The fourth-order valence-corrected chi connectivity index (χ4v) is 2.96. The Morgan fingerprint density at radius 2 is 1.82 bits per heavy atom. The Bertz CT molecular complexity index is 575. The predicted molar refractivity (Wildman–Crippen MR) is 87.6 cm³/mol. The van der Waals surface area contributed by atoms with E-state index in [-0.39, 0.29) is 17.8 Å². The summed E-state index contributed by atoms with van der Waals surface area (Å²) in [5.41, 5.74) is 4.14. The molecule has 0 aromatic heterocycles. The summed E-state index contributed by atoms with van der Waals surface area (Å²) in [6.45, 7) is 2.48. The average molecular weight is 308 g/mol. The molecule has 0 bridgehead atoms. The van der Waals surface area contributed by atoms with E-state index in [9.17, 15) is 9.90 Å². The van der Waals surface area contributed by atoms with Gasteiger partial charge in [0.15, 0.2) is 5.75 Å². The molecule has 2 rings (SSSR count). The summed E-state index contributed by atoms with van der Waals surface area (Å²) >= 11 is 0. The van der Waals surface area contributed by atoms with E-state index in [4.69, 9.17) is 4.74 Å². The van der Waals surface area contributed by atoms with Crippen molar-refractivity contribution in [3.63, 3.8) is 0 Å². The number of aromatic hydroxyl groups is 1. The number of nitrogens with one attached hydrogen (secondary N) is 4. The van der Waals surface area contributed by atoms with Gasteiger partial charge in [-0.2, -0.15) is 0 Å². The van der Waals surface area contributed by atoms with Crippen LogP contribution in [0.2, 0.25) is 0 Å². The van der Waals surface area contributed by atoms with Crippen LogP contribution in [0.3, 0.4) is 0 Å². The topological polar surface area (TPSA) is 94.7 Å². The van der Waals surface area contributed by atoms with Crippen molar-refractivity contribution in [1.29, 1.82) is 0 Å². The van der Waals surface area contributed by atoms with E-state index in [1.165, 1.54) is 6.92 Å². The largest absolute Gasteiger partial charge is 0.504 e. The zero-order valence-corrected chi connectivity index (χ0v) is 13.5. The minimum atomic E-state index is -0.121. The number of anilines is 3. The summed E-state index contributed by atoms with van der Waals surface area (Å²) in [6, 6.07) is 0. The van der Waals surface area contributed by atoms with E-state index in [0.717, 1.165) is 16.8 Å². The van der Waals surface area contributed by atoms with E-state index in [0.29, 0.717) is 30.9 Å². The van der Waals surface area contributed by atoms with Gasteiger partial charge in [-0.25, -0.2) is 0 Å². The molecule has 0 fully saturated rings. The van der Waals surface area contributed by atoms with Crippen LogP contribution in [-0.2, 0) is 16.1 Å². The van der Waals surface area contributed by atoms with E-state index in [2.05, 4.69) is 21.3 Å². The van der Waals surface area contributed by atoms with Crippen LogP contribution in [0, 0.1) is 0 Å². The molecular weight excluding hydrogens is 284 g/mol. The van der Waals surface area contributed by atoms with E-state index < -0.39 is 0 Å². The first kappa shape index (κ1) is 16.2. The molecule has 1 aliphatic rings. The van der Waals surface area contributed by atoms with Gasteiger partial charge in [-0.1, -0.05) is 0 Å². The average Bonchev–Trinajstić information content (AvgIpc) is 2.89. The van der Waals surface area contributed by atoms with E-state index in [1.807, 2.05) is 7.05 Å². The van der Waals surface area contributed by atoms with Gasteiger partial charge in [0.2, 0.25) is 5.91 Å². The number of hydrogen-bond acceptors (Lipinski definition) is 6. The molecule has 1 unspecified atom stereocenters. The molecule has 1 amide bonds. The Kier molecular flexibility index (Phi) is 4.97. The molecule has 1 aromatic carbocycles. The van der Waals surface area contributed by atoms with Gasteiger partial charge >= 0.3 is 0 Å². The van der Waals surface area contributed by atoms with Gasteiger partial charge in [0.05, 0.1) is 24.1 Å². The molecule has 7 heteroatoms. The SMILES string of the molecule is CNc1c(O)c(NC)c(NC)c2c1COC2CCNC(C)=O. The molecule has 7 nitrogen and oxygen atoms in total. The third kappa shape index (κ3) is 2.76. The minimum absolute atomic E-state index is 0.0513. The Labute approximate surface area is 130 Å². The molecule has 122 valence electrons. The Morgan fingerprint density at radius 3 is 2.36 bits per heavy atom. The normalized spacial score (nSPS) is 16.1. The van der Waals surface area contributed by atoms with Crippen LogP contribution in [0.1, 0.15) is 30.6 Å². The van der Waals surface area contributed by atoms with Crippen molar-refractivity contribution >= 4 is 23.0 Å². The first-order valence-corrected chi connectivity index (χ1v) is 7.36. The molecule has 0 saturated heterocycles. The van der Waals surface area contributed by atoms with Crippen LogP contribution in [0.25, 0.3) is 0 Å². The molecule has 1 atom stereocenters. The zero-order valence-electron chi connectivity index (χ0n) is 13.5. The Hall–Kier alpha value is -2.15. The first-order chi connectivity index (χ1) is 10.5. The zero-order chi connectivity index (χ0) is 16.3. The lowest BCUT2D eigenvalue weighted by molar-refractivity contribution is -0.119. The molecule has 22 heavy (non-hydrogen) atoms. The number of rotatable bonds is 6. The van der Waals surface area contributed by atoms with Crippen molar-refractivity contribution in [3.05, 3.63) is 11.1 Å². The Morgan fingerprint density at radius 1 is 1.18 bits per heavy atom. The minimum Gasteiger partial charge on any atom is -0.504 e. The summed E-state index contributed by atoms with van der Waals surface area (Å²) < 4.78 is 5.87. The number of ether oxygens (including phenoxy) is 1. The summed E-state index contributed by atoms with van der Waals surface area (Å²) in [5.74, 6) is 0.129. The van der Waals surface area contributed by atoms with Crippen molar-refractivity contribution in [2.45, 2.75) is 26.1 Å². The quantitative estimate of drug-likeness (QED) is 0.513. The molecular formula is C15H24N4O3. The highest BCUT2D eigenvalue weighted by molar-refractivity contribution is 5.88. The van der Waals surface area contributed by atoms with Gasteiger partial charge < -0.3 is 31.1 Å². The monoisotopic (exact) mass is 308 g/mol. The van der Waals surface area contributed by atoms with Gasteiger partial charge in [0, 0.05) is 45.7 Å². The number of carbonyl (C=O) groups excluding carboxylic acids is 1. The lowest BCUT2D eigenvalue weighted by Crippen LogP contribution is -2.22. The lowest BCUT2D eigenvalue weighted by Gasteiger charge is -2.21. The van der Waals surface area contributed by atoms with Crippen molar-refractivity contribution in [2.75, 3.05) is 43.6 Å². The fraction of sp³-hybridized carbons (Fsp3) is 0.533. The maximum atomic E-state index is 11.0.